The molecule has 0 unspecified atom stereocenters. The van der Waals surface area contributed by atoms with E-state index in [2.05, 4.69) is 56.3 Å². The summed E-state index contributed by atoms with van der Waals surface area (Å²) >= 11 is 5.81. The van der Waals surface area contributed by atoms with Gasteiger partial charge in [-0.25, -0.2) is 0 Å². The van der Waals surface area contributed by atoms with Gasteiger partial charge in [-0.15, -0.1) is 0 Å². The van der Waals surface area contributed by atoms with Crippen LogP contribution in [0.4, 0.5) is 5.69 Å². The fourth-order valence-electron chi connectivity index (χ4n) is 4.86. The summed E-state index contributed by atoms with van der Waals surface area (Å²) in [6.45, 7) is 4.60. The van der Waals surface area contributed by atoms with E-state index in [4.69, 9.17) is 12.2 Å². The van der Waals surface area contributed by atoms with Gasteiger partial charge in [-0.05, 0) is 80.2 Å². The summed E-state index contributed by atoms with van der Waals surface area (Å²) in [6, 6.07) is 28.1. The van der Waals surface area contributed by atoms with Gasteiger partial charge in [-0.2, -0.15) is 0 Å². The van der Waals surface area contributed by atoms with E-state index < -0.39 is 0 Å². The van der Waals surface area contributed by atoms with E-state index in [1.54, 1.807) is 6.20 Å². The number of aryl methyl sites for hydroxylation is 2. The van der Waals surface area contributed by atoms with Crippen LogP contribution in [0.25, 0.3) is 5.69 Å². The molecule has 0 saturated carbocycles. The summed E-state index contributed by atoms with van der Waals surface area (Å²) in [4.78, 5) is 19.6. The van der Waals surface area contributed by atoms with Crippen LogP contribution in [-0.2, 0) is 4.79 Å². The minimum atomic E-state index is -0.143. The van der Waals surface area contributed by atoms with Crippen molar-refractivity contribution in [2.75, 3.05) is 11.9 Å². The monoisotopic (exact) mass is 495 g/mol. The van der Waals surface area contributed by atoms with Crippen molar-refractivity contribution in [3.8, 4) is 5.69 Å². The van der Waals surface area contributed by atoms with Crippen molar-refractivity contribution < 1.29 is 4.79 Å². The third kappa shape index (κ3) is 4.88. The van der Waals surface area contributed by atoms with E-state index >= 15 is 0 Å². The highest BCUT2D eigenvalue weighted by molar-refractivity contribution is 7.80. The van der Waals surface area contributed by atoms with Crippen molar-refractivity contribution in [3.63, 3.8) is 0 Å². The number of carbonyl (C=O) groups excluding carboxylic acids is 1. The van der Waals surface area contributed by atoms with E-state index in [1.807, 2.05) is 67.6 Å². The molecule has 0 spiro atoms. The lowest BCUT2D eigenvalue weighted by molar-refractivity contribution is -0.116. The Balaban J connectivity index is 1.46. The molecule has 1 aliphatic rings. The lowest BCUT2D eigenvalue weighted by Crippen LogP contribution is -2.33. The molecule has 0 aliphatic carbocycles. The Morgan fingerprint density at radius 3 is 2.56 bits per heavy atom. The number of aromatic nitrogens is 2. The summed E-state index contributed by atoms with van der Waals surface area (Å²) in [7, 11) is 0. The molecule has 1 aliphatic heterocycles. The Labute approximate surface area is 217 Å². The third-order valence-electron chi connectivity index (χ3n) is 6.50. The van der Waals surface area contributed by atoms with E-state index in [9.17, 15) is 4.79 Å². The van der Waals surface area contributed by atoms with Crippen molar-refractivity contribution in [1.82, 2.24) is 19.8 Å². The average molecular weight is 496 g/mol. The van der Waals surface area contributed by atoms with Gasteiger partial charge in [0, 0.05) is 41.9 Å². The number of hydrogen-bond donors (Lipinski definition) is 2. The maximum absolute atomic E-state index is 12.9. The second-order valence-electron chi connectivity index (χ2n) is 9.06. The van der Waals surface area contributed by atoms with Crippen molar-refractivity contribution in [1.29, 1.82) is 0 Å². The zero-order valence-electron chi connectivity index (χ0n) is 20.4. The molecule has 3 heterocycles. The number of thiocarbonyl (C=S) groups is 1. The number of para-hydroxylation sites is 1. The third-order valence-corrected chi connectivity index (χ3v) is 6.86. The number of carbonyl (C=O) groups is 1. The topological polar surface area (TPSA) is 62.2 Å². The molecular formula is C29H29N5OS. The summed E-state index contributed by atoms with van der Waals surface area (Å²) in [6.07, 6.45) is 2.11. The van der Waals surface area contributed by atoms with Crippen LogP contribution in [0.15, 0.2) is 91.1 Å². The van der Waals surface area contributed by atoms with Crippen LogP contribution in [0.3, 0.4) is 0 Å². The number of hydrogen-bond acceptors (Lipinski definition) is 3. The molecule has 5 rings (SSSR count). The van der Waals surface area contributed by atoms with Crippen molar-refractivity contribution in [3.05, 3.63) is 114 Å². The summed E-state index contributed by atoms with van der Waals surface area (Å²) in [5.74, 6) is -0.0435. The lowest BCUT2D eigenvalue weighted by atomic mass is 10.0. The minimum Gasteiger partial charge on any atom is -0.352 e. The first-order valence-electron chi connectivity index (χ1n) is 12.1. The number of nitrogens with one attached hydrogen (secondary N) is 2. The summed E-state index contributed by atoms with van der Waals surface area (Å²) in [5, 5.41) is 7.12. The maximum atomic E-state index is 12.9. The molecule has 0 bridgehead atoms. The molecule has 1 amide bonds. The van der Waals surface area contributed by atoms with Crippen LogP contribution in [0.1, 0.15) is 41.1 Å². The van der Waals surface area contributed by atoms with Gasteiger partial charge in [0.2, 0.25) is 5.91 Å². The fraction of sp³-hybridized carbons (Fsp3) is 0.207. The molecule has 6 nitrogen and oxygen atoms in total. The van der Waals surface area contributed by atoms with Crippen LogP contribution in [0.2, 0.25) is 0 Å². The number of rotatable bonds is 7. The van der Waals surface area contributed by atoms with Crippen molar-refractivity contribution >= 4 is 28.9 Å². The first-order valence-corrected chi connectivity index (χ1v) is 12.5. The second-order valence-corrected chi connectivity index (χ2v) is 9.44. The fourth-order valence-corrected chi connectivity index (χ4v) is 5.19. The predicted molar refractivity (Wildman–Crippen MR) is 147 cm³/mol. The van der Waals surface area contributed by atoms with Gasteiger partial charge in [0.1, 0.15) is 0 Å². The van der Waals surface area contributed by atoms with Crippen LogP contribution in [-0.4, -0.2) is 32.0 Å². The molecule has 1 saturated heterocycles. The number of nitrogens with zero attached hydrogens (tertiary/aromatic N) is 3. The van der Waals surface area contributed by atoms with Gasteiger partial charge >= 0.3 is 0 Å². The van der Waals surface area contributed by atoms with Gasteiger partial charge in [0.05, 0.1) is 17.8 Å². The predicted octanol–water partition coefficient (Wildman–Crippen LogP) is 5.49. The summed E-state index contributed by atoms with van der Waals surface area (Å²) < 4.78 is 2.26. The molecule has 0 radical (unpaired) electrons. The maximum Gasteiger partial charge on any atom is 0.226 e. The summed E-state index contributed by atoms with van der Waals surface area (Å²) in [5.41, 5.74) is 6.14. The normalized spacial score (nSPS) is 17.2. The van der Waals surface area contributed by atoms with Crippen LogP contribution >= 0.6 is 12.2 Å². The molecule has 2 N–H and O–H groups in total. The van der Waals surface area contributed by atoms with Crippen molar-refractivity contribution in [2.45, 2.75) is 32.4 Å². The Morgan fingerprint density at radius 2 is 1.81 bits per heavy atom. The number of anilines is 1. The standard InChI is InChI=1S/C29H29N5OS/c1-20-9-8-10-22(19-20)31-26(35)16-18-33-28(27(32-29(33)36)24-13-6-7-17-30-24)25-15-14-21(2)34(25)23-11-4-3-5-12-23/h3-15,17,19,27-28H,16,18H2,1-2H3,(H,31,35)(H,32,36)/t27-,28+/m1/s1. The molecule has 7 heteroatoms. The van der Waals surface area contributed by atoms with Gasteiger partial charge in [0.15, 0.2) is 5.11 Å². The first kappa shape index (κ1) is 23.8. The quantitative estimate of drug-likeness (QED) is 0.332. The lowest BCUT2D eigenvalue weighted by Gasteiger charge is -2.29. The van der Waals surface area contributed by atoms with Gasteiger partial charge < -0.3 is 20.1 Å². The first-order chi connectivity index (χ1) is 17.5. The smallest absolute Gasteiger partial charge is 0.226 e. The molecular weight excluding hydrogens is 466 g/mol. The van der Waals surface area contributed by atoms with Gasteiger partial charge in [0.25, 0.3) is 0 Å². The molecule has 2 aromatic heterocycles. The highest BCUT2D eigenvalue weighted by Gasteiger charge is 2.41. The van der Waals surface area contributed by atoms with E-state index in [0.29, 0.717) is 18.1 Å². The average Bonchev–Trinajstić information content (AvgIpc) is 3.42. The number of pyridine rings is 1. The second kappa shape index (κ2) is 10.3. The molecule has 2 aromatic carbocycles. The number of amides is 1. The Hall–Kier alpha value is -3.97. The highest BCUT2D eigenvalue weighted by atomic mass is 32.1. The van der Waals surface area contributed by atoms with E-state index in [0.717, 1.165) is 34.0 Å². The number of benzene rings is 2. The largest absolute Gasteiger partial charge is 0.352 e. The van der Waals surface area contributed by atoms with Crippen LogP contribution in [0.5, 0.6) is 0 Å². The molecule has 182 valence electrons. The van der Waals surface area contributed by atoms with Crippen LogP contribution < -0.4 is 10.6 Å². The molecule has 36 heavy (non-hydrogen) atoms. The zero-order valence-corrected chi connectivity index (χ0v) is 21.2. The van der Waals surface area contributed by atoms with E-state index in [1.165, 1.54) is 0 Å². The SMILES string of the molecule is Cc1cccc(NC(=O)CCN2C(=S)N[C@H](c3ccccn3)[C@@H]2c2ccc(C)n2-c2ccccc2)c1. The molecule has 4 aromatic rings. The zero-order chi connectivity index (χ0) is 25.1. The van der Waals surface area contributed by atoms with E-state index in [-0.39, 0.29) is 18.0 Å². The van der Waals surface area contributed by atoms with Gasteiger partial charge in [-0.1, -0.05) is 36.4 Å². The molecule has 2 atom stereocenters. The molecule has 1 fully saturated rings. The Kier molecular flexibility index (Phi) is 6.82. The Morgan fingerprint density at radius 1 is 1.00 bits per heavy atom. The Bertz CT molecular complexity index is 1370. The minimum absolute atomic E-state index is 0.0435. The highest BCUT2D eigenvalue weighted by Crippen LogP contribution is 2.40. The van der Waals surface area contributed by atoms with Gasteiger partial charge in [-0.3, -0.25) is 9.78 Å². The van der Waals surface area contributed by atoms with Crippen LogP contribution in [0, 0.1) is 13.8 Å². The van der Waals surface area contributed by atoms with Crippen molar-refractivity contribution in [2.24, 2.45) is 0 Å².